The lowest BCUT2D eigenvalue weighted by atomic mass is 9.81. The molecular weight excluding hydrogens is 565 g/mol. The fraction of sp³-hybridized carbons (Fsp3) is 0.296. The van der Waals surface area contributed by atoms with Crippen molar-refractivity contribution in [2.75, 3.05) is 11.9 Å². The fourth-order valence-corrected chi connectivity index (χ4v) is 4.71. The van der Waals surface area contributed by atoms with Gasteiger partial charge in [-0.25, -0.2) is 14.1 Å². The maximum Gasteiger partial charge on any atom is 0.416 e. The van der Waals surface area contributed by atoms with Crippen molar-refractivity contribution in [3.63, 3.8) is 0 Å². The average molecular weight is 587 g/mol. The summed E-state index contributed by atoms with van der Waals surface area (Å²) < 4.78 is 96.5. The van der Waals surface area contributed by atoms with Crippen LogP contribution in [0.1, 0.15) is 37.5 Å². The number of alkyl halides is 6. The summed E-state index contributed by atoms with van der Waals surface area (Å²) >= 11 is 6.36. The third kappa shape index (κ3) is 5.24. The molecule has 0 fully saturated rings. The molecule has 0 radical (unpaired) electrons. The van der Waals surface area contributed by atoms with Gasteiger partial charge in [-0.05, 0) is 62.7 Å². The van der Waals surface area contributed by atoms with Crippen LogP contribution in [0.5, 0.6) is 0 Å². The van der Waals surface area contributed by atoms with E-state index in [2.05, 4.69) is 10.1 Å². The molecule has 0 unspecified atom stereocenters. The standard InChI is InChI=1S/C27H22ClF7N4O/c1-5-39-23-19(12-37-39)22(18-7-6-17(29)11-20(18)28)21(13-36-23)38(4)24(40)25(2,3)14-8-15(26(30,31)32)10-16(9-14)27(33,34)35/h6-13H,5H2,1-4H3. The number of anilines is 1. The van der Waals surface area contributed by atoms with Crippen LogP contribution < -0.4 is 4.90 Å². The summed E-state index contributed by atoms with van der Waals surface area (Å²) in [7, 11) is 1.32. The van der Waals surface area contributed by atoms with Crippen molar-refractivity contribution < 1.29 is 35.5 Å². The molecule has 0 spiro atoms. The predicted molar refractivity (Wildman–Crippen MR) is 136 cm³/mol. The van der Waals surface area contributed by atoms with E-state index in [0.29, 0.717) is 40.8 Å². The molecule has 0 saturated heterocycles. The largest absolute Gasteiger partial charge is 0.416 e. The van der Waals surface area contributed by atoms with Crippen molar-refractivity contribution in [3.05, 3.63) is 76.3 Å². The third-order valence-corrected chi connectivity index (χ3v) is 6.97. The maximum absolute atomic E-state index is 13.9. The van der Waals surface area contributed by atoms with Gasteiger partial charge in [0.25, 0.3) is 0 Å². The minimum absolute atomic E-state index is 0.00538. The third-order valence-electron chi connectivity index (χ3n) is 6.66. The number of carbonyl (C=O) groups excluding carboxylic acids is 1. The Balaban J connectivity index is 1.90. The van der Waals surface area contributed by atoms with Gasteiger partial charge in [0.2, 0.25) is 5.91 Å². The van der Waals surface area contributed by atoms with Gasteiger partial charge >= 0.3 is 12.4 Å². The Morgan fingerprint density at radius 1 is 0.950 bits per heavy atom. The molecule has 1 amide bonds. The summed E-state index contributed by atoms with van der Waals surface area (Å²) in [5.74, 6) is -1.44. The molecule has 0 aliphatic heterocycles. The molecule has 5 nitrogen and oxygen atoms in total. The number of likely N-dealkylation sites (N-methyl/N-ethyl adjacent to an activating group) is 1. The van der Waals surface area contributed by atoms with Crippen LogP contribution in [0.2, 0.25) is 5.02 Å². The molecule has 40 heavy (non-hydrogen) atoms. The molecule has 0 N–H and O–H groups in total. The first-order valence-corrected chi connectivity index (χ1v) is 12.2. The number of hydrogen-bond donors (Lipinski definition) is 0. The molecule has 0 bridgehead atoms. The van der Waals surface area contributed by atoms with E-state index in [1.165, 1.54) is 39.4 Å². The Labute approximate surface area is 229 Å². The number of carbonyl (C=O) groups is 1. The number of fused-ring (bicyclic) bond motifs is 1. The molecule has 212 valence electrons. The van der Waals surface area contributed by atoms with Crippen LogP contribution in [-0.2, 0) is 29.1 Å². The second-order valence-corrected chi connectivity index (χ2v) is 10.0. The van der Waals surface area contributed by atoms with E-state index in [0.717, 1.165) is 17.0 Å². The van der Waals surface area contributed by atoms with Gasteiger partial charge in [-0.1, -0.05) is 11.6 Å². The minimum atomic E-state index is -5.08. The van der Waals surface area contributed by atoms with E-state index in [1.54, 1.807) is 4.68 Å². The summed E-state index contributed by atoms with van der Waals surface area (Å²) in [6.45, 7) is 4.74. The van der Waals surface area contributed by atoms with Crippen molar-refractivity contribution in [2.45, 2.75) is 45.1 Å². The number of halogens is 8. The number of aryl methyl sites for hydroxylation is 1. The molecule has 13 heteroatoms. The van der Waals surface area contributed by atoms with Gasteiger partial charge in [0.15, 0.2) is 5.65 Å². The van der Waals surface area contributed by atoms with Crippen molar-refractivity contribution in [1.82, 2.24) is 14.8 Å². The zero-order valence-electron chi connectivity index (χ0n) is 21.5. The molecular formula is C27H22ClF7N4O. The molecule has 0 aliphatic carbocycles. The summed E-state index contributed by atoms with van der Waals surface area (Å²) in [4.78, 5) is 19.3. The maximum atomic E-state index is 13.9. The molecule has 2 aromatic carbocycles. The molecule has 2 aromatic heterocycles. The average Bonchev–Trinajstić information content (AvgIpc) is 3.29. The van der Waals surface area contributed by atoms with Gasteiger partial charge in [-0.2, -0.15) is 31.4 Å². The summed E-state index contributed by atoms with van der Waals surface area (Å²) in [5, 5.41) is 4.73. The van der Waals surface area contributed by atoms with E-state index in [1.807, 2.05) is 6.92 Å². The number of benzene rings is 2. The van der Waals surface area contributed by atoms with Crippen LogP contribution in [0.25, 0.3) is 22.2 Å². The minimum Gasteiger partial charge on any atom is -0.313 e. The van der Waals surface area contributed by atoms with E-state index in [4.69, 9.17) is 11.6 Å². The lowest BCUT2D eigenvalue weighted by Crippen LogP contribution is -2.42. The highest BCUT2D eigenvalue weighted by molar-refractivity contribution is 6.34. The van der Waals surface area contributed by atoms with Gasteiger partial charge in [0.1, 0.15) is 5.82 Å². The van der Waals surface area contributed by atoms with Gasteiger partial charge in [0, 0.05) is 30.1 Å². The summed E-state index contributed by atoms with van der Waals surface area (Å²) in [5.41, 5.74) is -4.20. The highest BCUT2D eigenvalue weighted by atomic mass is 35.5. The van der Waals surface area contributed by atoms with Crippen LogP contribution in [0.15, 0.2) is 48.8 Å². The first kappa shape index (κ1) is 29.3. The van der Waals surface area contributed by atoms with Gasteiger partial charge in [-0.15, -0.1) is 0 Å². The molecule has 4 rings (SSSR count). The number of pyridine rings is 1. The molecule has 0 atom stereocenters. The van der Waals surface area contributed by atoms with E-state index in [-0.39, 0.29) is 16.8 Å². The lowest BCUT2D eigenvalue weighted by molar-refractivity contribution is -0.143. The van der Waals surface area contributed by atoms with Gasteiger partial charge < -0.3 is 4.90 Å². The highest BCUT2D eigenvalue weighted by Gasteiger charge is 2.41. The SMILES string of the molecule is CCn1ncc2c(-c3ccc(F)cc3Cl)c(N(C)C(=O)C(C)(C)c3cc(C(F)(F)F)cc(C(F)(F)F)c3)cnc21. The first-order chi connectivity index (χ1) is 18.5. The van der Waals surface area contributed by atoms with Gasteiger partial charge in [0.05, 0.1) is 39.6 Å². The Hall–Kier alpha value is -3.67. The topological polar surface area (TPSA) is 51.0 Å². The second-order valence-electron chi connectivity index (χ2n) is 9.62. The van der Waals surface area contributed by atoms with E-state index in [9.17, 15) is 35.5 Å². The normalized spacial score (nSPS) is 12.7. The number of hydrogen-bond acceptors (Lipinski definition) is 3. The highest BCUT2D eigenvalue weighted by Crippen LogP contribution is 2.43. The predicted octanol–water partition coefficient (Wildman–Crippen LogP) is 7.89. The van der Waals surface area contributed by atoms with E-state index >= 15 is 0 Å². The second kappa shape index (κ2) is 10.1. The zero-order valence-corrected chi connectivity index (χ0v) is 22.3. The van der Waals surface area contributed by atoms with Crippen LogP contribution >= 0.6 is 11.6 Å². The van der Waals surface area contributed by atoms with Crippen molar-refractivity contribution in [2.24, 2.45) is 0 Å². The van der Waals surface area contributed by atoms with Crippen LogP contribution in [0, 0.1) is 5.82 Å². The van der Waals surface area contributed by atoms with Gasteiger partial charge in [-0.3, -0.25) is 4.79 Å². The number of aromatic nitrogens is 3. The molecule has 0 saturated carbocycles. The number of amides is 1. The van der Waals surface area contributed by atoms with Crippen LogP contribution in [-0.4, -0.2) is 27.7 Å². The van der Waals surface area contributed by atoms with E-state index < -0.39 is 46.2 Å². The van der Waals surface area contributed by atoms with Crippen LogP contribution in [0.3, 0.4) is 0 Å². The smallest absolute Gasteiger partial charge is 0.313 e. The molecule has 4 aromatic rings. The quantitative estimate of drug-likeness (QED) is 0.224. The number of rotatable bonds is 5. The lowest BCUT2D eigenvalue weighted by Gasteiger charge is -2.32. The number of nitrogens with zero attached hydrogens (tertiary/aromatic N) is 4. The molecule has 2 heterocycles. The Morgan fingerprint density at radius 3 is 2.05 bits per heavy atom. The fourth-order valence-electron chi connectivity index (χ4n) is 4.45. The Bertz CT molecular complexity index is 1580. The summed E-state index contributed by atoms with van der Waals surface area (Å²) in [6.07, 6.45) is -7.35. The zero-order chi connectivity index (χ0) is 29.8. The monoisotopic (exact) mass is 586 g/mol. The Kier molecular flexibility index (Phi) is 7.37. The van der Waals surface area contributed by atoms with Crippen molar-refractivity contribution in [1.29, 1.82) is 0 Å². The Morgan fingerprint density at radius 2 is 1.52 bits per heavy atom. The molecule has 0 aliphatic rings. The van der Waals surface area contributed by atoms with Crippen molar-refractivity contribution in [3.8, 4) is 11.1 Å². The first-order valence-electron chi connectivity index (χ1n) is 11.8. The van der Waals surface area contributed by atoms with Crippen molar-refractivity contribution >= 4 is 34.2 Å². The van der Waals surface area contributed by atoms with Crippen LogP contribution in [0.4, 0.5) is 36.4 Å². The summed E-state index contributed by atoms with van der Waals surface area (Å²) in [6, 6.07) is 4.70.